The summed E-state index contributed by atoms with van der Waals surface area (Å²) in [5.41, 5.74) is -2.18. The number of fused-ring (bicyclic) bond motifs is 2. The highest BCUT2D eigenvalue weighted by molar-refractivity contribution is 5.84. The molecule has 4 rings (SSSR count). The Bertz CT molecular complexity index is 1120. The smallest absolute Gasteiger partial charge is 0.312 e. The van der Waals surface area contributed by atoms with Crippen LogP contribution in [0, 0.1) is 23.7 Å². The number of ether oxygens (including phenoxy) is 7. The van der Waals surface area contributed by atoms with Crippen LogP contribution >= 0.6 is 0 Å². The van der Waals surface area contributed by atoms with Gasteiger partial charge in [0.25, 0.3) is 0 Å². The first-order valence-electron chi connectivity index (χ1n) is 17.0. The minimum atomic E-state index is -1.85. The Kier molecular flexibility index (Phi) is 11.6. The fourth-order valence-corrected chi connectivity index (χ4v) is 8.37. The van der Waals surface area contributed by atoms with E-state index in [-0.39, 0.29) is 18.6 Å². The molecule has 2 bridgehead atoms. The van der Waals surface area contributed by atoms with Gasteiger partial charge in [0.15, 0.2) is 30.3 Å². The van der Waals surface area contributed by atoms with Crippen molar-refractivity contribution in [1.29, 1.82) is 0 Å². The summed E-state index contributed by atoms with van der Waals surface area (Å²) in [7, 11) is 5.29. The minimum Gasteiger partial charge on any atom is -0.454 e. The average Bonchev–Trinajstić information content (AvgIpc) is 3.24. The van der Waals surface area contributed by atoms with Crippen molar-refractivity contribution < 1.29 is 58.1 Å². The molecule has 0 radical (unpaired) electrons. The second-order valence-corrected chi connectivity index (χ2v) is 15.3. The number of aliphatic hydroxyl groups is 3. The highest BCUT2D eigenvalue weighted by Crippen LogP contribution is 2.51. The van der Waals surface area contributed by atoms with Crippen LogP contribution in [0.5, 0.6) is 0 Å². The average molecular weight is 674 g/mol. The Morgan fingerprint density at radius 1 is 1.00 bits per heavy atom. The van der Waals surface area contributed by atoms with E-state index in [1.807, 2.05) is 46.7 Å². The van der Waals surface area contributed by atoms with Gasteiger partial charge in [0.1, 0.15) is 12.2 Å². The normalized spacial score (nSPS) is 51.4. The van der Waals surface area contributed by atoms with E-state index in [9.17, 15) is 24.9 Å². The monoisotopic (exact) mass is 673 g/mol. The molecule has 272 valence electrons. The number of Topliss-reactive ketones (excluding diaryl/α,β-unsaturated/α-hetero) is 1. The van der Waals surface area contributed by atoms with E-state index >= 15 is 0 Å². The van der Waals surface area contributed by atoms with Crippen molar-refractivity contribution in [2.75, 3.05) is 21.2 Å². The Morgan fingerprint density at radius 3 is 2.21 bits per heavy atom. The lowest BCUT2D eigenvalue weighted by Gasteiger charge is -2.48. The first-order chi connectivity index (χ1) is 21.7. The van der Waals surface area contributed by atoms with Gasteiger partial charge in [-0.3, -0.25) is 9.59 Å². The maximum atomic E-state index is 13.9. The molecule has 3 N–H and O–H groups in total. The third-order valence-electron chi connectivity index (χ3n) is 11.4. The van der Waals surface area contributed by atoms with Gasteiger partial charge in [-0.25, -0.2) is 0 Å². The van der Waals surface area contributed by atoms with Crippen LogP contribution in [0.4, 0.5) is 0 Å². The molecule has 17 atom stereocenters. The van der Waals surface area contributed by atoms with E-state index in [4.69, 9.17) is 33.2 Å². The van der Waals surface area contributed by atoms with Crippen molar-refractivity contribution in [3.05, 3.63) is 0 Å². The highest BCUT2D eigenvalue weighted by atomic mass is 16.7. The number of carbonyl (C=O) groups is 2. The number of hydrogen-bond acceptors (Lipinski definition) is 13. The van der Waals surface area contributed by atoms with E-state index in [0.29, 0.717) is 12.8 Å². The molecule has 0 aliphatic carbocycles. The van der Waals surface area contributed by atoms with E-state index in [1.165, 1.54) is 14.0 Å². The molecule has 13 nitrogen and oxygen atoms in total. The number of cyclic esters (lactones) is 1. The predicted octanol–water partition coefficient (Wildman–Crippen LogP) is 2.01. The highest BCUT2D eigenvalue weighted by Gasteiger charge is 2.62. The Hall–Kier alpha value is -1.26. The molecule has 0 spiro atoms. The topological polar surface area (TPSA) is 163 Å². The van der Waals surface area contributed by atoms with Gasteiger partial charge in [0.05, 0.1) is 47.5 Å². The molecule has 0 aromatic rings. The number of hydrogen-bond donors (Lipinski definition) is 3. The summed E-state index contributed by atoms with van der Waals surface area (Å²) in [6.07, 6.45) is -6.79. The fourth-order valence-electron chi connectivity index (χ4n) is 8.37. The molecule has 0 aromatic heterocycles. The number of ketones is 1. The van der Waals surface area contributed by atoms with Crippen LogP contribution in [0.2, 0.25) is 0 Å². The van der Waals surface area contributed by atoms with Crippen LogP contribution < -0.4 is 0 Å². The van der Waals surface area contributed by atoms with E-state index in [2.05, 4.69) is 0 Å². The SMILES string of the molecule is CO[C@]1(C)C[C@H](O[C@H]2[C@H](C)[C@@H](O[C@@H]3O[C@H](C)C[C@H](N(C)C)[C@H]3O)[C@@]3(C)C[C@@H](C)[C@](O)(O3)[C@H](C)[C@H](C(C)=O)OC(=O)[C@@H]2C)O[C@@H](C)[C@@H]1O. The van der Waals surface area contributed by atoms with Crippen LogP contribution in [0.3, 0.4) is 0 Å². The van der Waals surface area contributed by atoms with Gasteiger partial charge in [0.2, 0.25) is 0 Å². The molecule has 13 heteroatoms. The molecule has 4 fully saturated rings. The molecular weight excluding hydrogens is 614 g/mol. The third-order valence-corrected chi connectivity index (χ3v) is 11.4. The second kappa shape index (κ2) is 14.2. The zero-order valence-corrected chi connectivity index (χ0v) is 30.2. The molecule has 0 aromatic carbocycles. The Balaban J connectivity index is 1.81. The van der Waals surface area contributed by atoms with Crippen LogP contribution in [-0.2, 0) is 42.7 Å². The molecule has 47 heavy (non-hydrogen) atoms. The van der Waals surface area contributed by atoms with Crippen LogP contribution in [0.25, 0.3) is 0 Å². The number of carbonyl (C=O) groups excluding carboxylic acids is 2. The predicted molar refractivity (Wildman–Crippen MR) is 169 cm³/mol. The fraction of sp³-hybridized carbons (Fsp3) is 0.941. The summed E-state index contributed by atoms with van der Waals surface area (Å²) < 4.78 is 43.9. The lowest BCUT2D eigenvalue weighted by molar-refractivity contribution is -0.334. The maximum Gasteiger partial charge on any atom is 0.312 e. The summed E-state index contributed by atoms with van der Waals surface area (Å²) in [5, 5.41) is 34.4. The van der Waals surface area contributed by atoms with Crippen molar-refractivity contribution in [3.8, 4) is 0 Å². The van der Waals surface area contributed by atoms with Gasteiger partial charge >= 0.3 is 5.97 Å². The summed E-state index contributed by atoms with van der Waals surface area (Å²) in [5.74, 6) is -5.96. The molecule has 4 saturated heterocycles. The van der Waals surface area contributed by atoms with Gasteiger partial charge in [0, 0.05) is 31.4 Å². The lowest BCUT2D eigenvalue weighted by atomic mass is 9.77. The van der Waals surface area contributed by atoms with Crippen LogP contribution in [0.15, 0.2) is 0 Å². The van der Waals surface area contributed by atoms with Crippen molar-refractivity contribution in [2.45, 2.75) is 160 Å². The van der Waals surface area contributed by atoms with Crippen molar-refractivity contribution in [2.24, 2.45) is 23.7 Å². The second-order valence-electron chi connectivity index (χ2n) is 15.3. The Labute approximate surface area is 279 Å². The van der Waals surface area contributed by atoms with Gasteiger partial charge < -0.3 is 53.4 Å². The summed E-state index contributed by atoms with van der Waals surface area (Å²) >= 11 is 0. The van der Waals surface area contributed by atoms with E-state index in [1.54, 1.807) is 27.7 Å². The molecule has 4 heterocycles. The molecule has 0 amide bonds. The zero-order valence-electron chi connectivity index (χ0n) is 30.2. The molecular formula is C34H59NO12. The largest absolute Gasteiger partial charge is 0.454 e. The lowest BCUT2D eigenvalue weighted by Crippen LogP contribution is -2.60. The molecule has 0 saturated carbocycles. The number of nitrogens with zero attached hydrogens (tertiary/aromatic N) is 1. The third kappa shape index (κ3) is 7.31. The number of esters is 1. The standard InChI is InChI=1S/C34H59NO12/c1-16-14-33(9)29(46-31-25(37)23(35(10)11)13-17(2)42-31)18(3)26(44-24-15-32(8,41-12)28(38)22(7)43-24)19(4)30(39)45-27(21(6)36)20(5)34(16,40)47-33/h16-20,22-29,31,37-38,40H,13-15H2,1-12H3/t16-,17-,18+,19-,20-,22+,23+,24+,25-,26+,27-,28+,29-,31+,32-,33-,34+/m1/s1. The van der Waals surface area contributed by atoms with E-state index < -0.39 is 102 Å². The quantitative estimate of drug-likeness (QED) is 0.337. The van der Waals surface area contributed by atoms with Crippen molar-refractivity contribution in [1.82, 2.24) is 4.90 Å². The van der Waals surface area contributed by atoms with Crippen molar-refractivity contribution >= 4 is 11.8 Å². The first-order valence-corrected chi connectivity index (χ1v) is 17.0. The van der Waals surface area contributed by atoms with Gasteiger partial charge in [-0.05, 0) is 68.5 Å². The van der Waals surface area contributed by atoms with Crippen LogP contribution in [0.1, 0.15) is 81.6 Å². The summed E-state index contributed by atoms with van der Waals surface area (Å²) in [4.78, 5) is 28.7. The number of methoxy groups -OCH3 is 1. The summed E-state index contributed by atoms with van der Waals surface area (Å²) in [6, 6.07) is -0.248. The first kappa shape index (κ1) is 38.5. The number of aliphatic hydroxyl groups excluding tert-OH is 2. The summed E-state index contributed by atoms with van der Waals surface area (Å²) in [6.45, 7) is 15.6. The van der Waals surface area contributed by atoms with Gasteiger partial charge in [-0.1, -0.05) is 20.8 Å². The Morgan fingerprint density at radius 2 is 1.64 bits per heavy atom. The van der Waals surface area contributed by atoms with Crippen LogP contribution in [-0.4, -0.2) is 132 Å². The zero-order chi connectivity index (χ0) is 35.4. The molecule has 0 unspecified atom stereocenters. The van der Waals surface area contributed by atoms with Gasteiger partial charge in [-0.2, -0.15) is 0 Å². The number of likely N-dealkylation sites (N-methyl/N-ethyl adjacent to an activating group) is 1. The molecule has 4 aliphatic rings. The maximum absolute atomic E-state index is 13.9. The minimum absolute atomic E-state index is 0.162. The molecule has 4 aliphatic heterocycles. The van der Waals surface area contributed by atoms with E-state index in [0.717, 1.165) is 0 Å². The van der Waals surface area contributed by atoms with Crippen molar-refractivity contribution in [3.63, 3.8) is 0 Å². The number of rotatable bonds is 7. The van der Waals surface area contributed by atoms with Gasteiger partial charge in [-0.15, -0.1) is 0 Å².